The minimum atomic E-state index is -1.57. The first-order chi connectivity index (χ1) is 29.5. The minimum Gasteiger partial charge on any atom is -0.459 e. The van der Waals surface area contributed by atoms with Crippen molar-refractivity contribution in [2.75, 3.05) is 25.2 Å². The number of aliphatic hydroxyl groups is 2. The van der Waals surface area contributed by atoms with E-state index in [0.717, 1.165) is 53.1 Å². The van der Waals surface area contributed by atoms with Crippen LogP contribution in [0.1, 0.15) is 74.2 Å². The van der Waals surface area contributed by atoms with Crippen LogP contribution in [0, 0.1) is 20.8 Å². The monoisotopic (exact) mass is 1100 g/mol. The van der Waals surface area contributed by atoms with Crippen molar-refractivity contribution in [3.63, 3.8) is 0 Å². The predicted octanol–water partition coefficient (Wildman–Crippen LogP) is 13.1. The summed E-state index contributed by atoms with van der Waals surface area (Å²) in [5.74, 6) is 4.19. The van der Waals surface area contributed by atoms with Crippen LogP contribution in [-0.4, -0.2) is 62.4 Å². The van der Waals surface area contributed by atoms with Gasteiger partial charge in [-0.3, -0.25) is 14.8 Å². The quantitative estimate of drug-likeness (QED) is 0.0447. The Kier molecular flexibility index (Phi) is 26.4. The Morgan fingerprint density at radius 1 is 0.645 bits per heavy atom. The minimum absolute atomic E-state index is 0.00398. The summed E-state index contributed by atoms with van der Waals surface area (Å²) in [6.07, 6.45) is 4.10. The summed E-state index contributed by atoms with van der Waals surface area (Å²) in [5, 5.41) is 18.2. The van der Waals surface area contributed by atoms with Crippen LogP contribution in [0.2, 0.25) is 19.6 Å². The molecule has 10 nitrogen and oxygen atoms in total. The highest BCUT2D eigenvalue weighted by Crippen LogP contribution is 2.24. The van der Waals surface area contributed by atoms with Gasteiger partial charge in [0.2, 0.25) is 0 Å². The van der Waals surface area contributed by atoms with Gasteiger partial charge in [0.05, 0.1) is 69.1 Å². The lowest BCUT2D eigenvalue weighted by Gasteiger charge is -2.21. The fourth-order valence-corrected chi connectivity index (χ4v) is 6.48. The van der Waals surface area contributed by atoms with Gasteiger partial charge in [0, 0.05) is 6.07 Å². The van der Waals surface area contributed by atoms with E-state index < -0.39 is 8.32 Å². The van der Waals surface area contributed by atoms with Crippen molar-refractivity contribution in [2.45, 2.75) is 58.5 Å². The van der Waals surface area contributed by atoms with Crippen molar-refractivity contribution in [3.8, 4) is 0 Å². The second-order valence-corrected chi connectivity index (χ2v) is 22.0. The molecule has 0 fully saturated rings. The first-order valence-electron chi connectivity index (χ1n) is 19.2. The van der Waals surface area contributed by atoms with E-state index >= 15 is 0 Å². The maximum Gasteiger partial charge on any atom is 0.185 e. The zero-order valence-corrected chi connectivity index (χ0v) is 42.8. The lowest BCUT2D eigenvalue weighted by Crippen LogP contribution is -2.27. The number of furan rings is 3. The molecular weight excluding hydrogens is 1050 g/mol. The van der Waals surface area contributed by atoms with Crippen molar-refractivity contribution >= 4 is 98.0 Å². The van der Waals surface area contributed by atoms with Crippen LogP contribution in [0.5, 0.6) is 0 Å². The molecule has 4 N–H and O–H groups in total. The van der Waals surface area contributed by atoms with Gasteiger partial charge < -0.3 is 33.6 Å². The van der Waals surface area contributed by atoms with Crippen molar-refractivity contribution in [1.82, 2.24) is 0 Å². The summed E-state index contributed by atoms with van der Waals surface area (Å²) in [6, 6.07) is 34.4. The number of hydrogen-bond acceptors (Lipinski definition) is 10. The zero-order chi connectivity index (χ0) is 46.1. The molecule has 0 aliphatic rings. The van der Waals surface area contributed by atoms with Crippen molar-refractivity contribution in [1.29, 1.82) is 0 Å². The lowest BCUT2D eigenvalue weighted by molar-refractivity contribution is 0.109. The van der Waals surface area contributed by atoms with Crippen molar-refractivity contribution in [2.24, 2.45) is 15.7 Å². The fourth-order valence-electron chi connectivity index (χ4n) is 4.91. The largest absolute Gasteiger partial charge is 0.459 e. The molecule has 0 aliphatic heterocycles. The third-order valence-corrected chi connectivity index (χ3v) is 11.5. The van der Waals surface area contributed by atoms with Crippen LogP contribution in [0.3, 0.4) is 0 Å². The standard InChI is InChI=1S/C17H22BrNO2Si.C14H14BrNO2.C8H11NO.C6H5BrO2.CH2Cl2/c1-13-16(18)10-15(21-13)11-19-17(12-20-22(2,3)4)14-8-6-5-7-9-14;1-10-13(15)7-12(18-10)8-16-14(9-17)11-5-3-2-4-6-11;9-8(6-10)7-4-2-1-3-5-7;1-4-6(7)2-5(3-8)9-4;2-1-3/h5-11,17H,12H2,1-4H3;2-8,14,17H,9H2,1H3;1-5,8,10H,6,9H2;2-3H,1H3;1H2/t17-;14-;8-;;/m000../s1. The molecule has 6 rings (SSSR count). The Morgan fingerprint density at radius 2 is 1.00 bits per heavy atom. The Morgan fingerprint density at radius 3 is 1.31 bits per heavy atom. The number of carbonyl (C=O) groups is 1. The summed E-state index contributed by atoms with van der Waals surface area (Å²) in [5.41, 5.74) is 8.66. The van der Waals surface area contributed by atoms with Gasteiger partial charge in [-0.05, 0) is 117 Å². The Hall–Kier alpha value is -3.41. The third-order valence-electron chi connectivity index (χ3n) is 8.15. The predicted molar refractivity (Wildman–Crippen MR) is 266 cm³/mol. The number of nitrogens with two attached hydrogens (primary N) is 1. The van der Waals surface area contributed by atoms with Crippen LogP contribution in [0.15, 0.2) is 146 Å². The van der Waals surface area contributed by atoms with Crippen LogP contribution in [-0.2, 0) is 4.43 Å². The van der Waals surface area contributed by atoms with E-state index in [9.17, 15) is 9.90 Å². The average molecular weight is 1100 g/mol. The van der Waals surface area contributed by atoms with Gasteiger partial charge in [0.15, 0.2) is 20.4 Å². The molecule has 3 atom stereocenters. The fraction of sp³-hybridized carbons (Fsp3) is 0.283. The number of rotatable bonds is 13. The number of nitrogens with zero attached hydrogens (tertiary/aromatic N) is 2. The molecule has 6 aromatic rings. The molecule has 0 amide bonds. The van der Waals surface area contributed by atoms with Crippen molar-refractivity contribution in [3.05, 3.63) is 174 Å². The van der Waals surface area contributed by atoms with Gasteiger partial charge in [-0.25, -0.2) is 0 Å². The van der Waals surface area contributed by atoms with Crippen LogP contribution in [0.25, 0.3) is 0 Å². The molecule has 334 valence electrons. The highest BCUT2D eigenvalue weighted by molar-refractivity contribution is 9.11. The number of aryl methyl sites for hydroxylation is 3. The number of halogens is 5. The van der Waals surface area contributed by atoms with E-state index in [4.69, 9.17) is 51.7 Å². The van der Waals surface area contributed by atoms with Crippen LogP contribution in [0.4, 0.5) is 0 Å². The van der Waals surface area contributed by atoms with Gasteiger partial charge in [0.1, 0.15) is 28.8 Å². The number of benzene rings is 3. The van der Waals surface area contributed by atoms with E-state index in [1.54, 1.807) is 25.4 Å². The van der Waals surface area contributed by atoms with E-state index in [1.165, 1.54) is 0 Å². The molecule has 0 bridgehead atoms. The molecule has 3 aromatic carbocycles. The summed E-state index contributed by atoms with van der Waals surface area (Å²) in [4.78, 5) is 19.1. The molecule has 0 radical (unpaired) electrons. The second kappa shape index (κ2) is 29.9. The number of aldehydes is 1. The summed E-state index contributed by atoms with van der Waals surface area (Å²) in [7, 11) is -1.57. The summed E-state index contributed by atoms with van der Waals surface area (Å²) < 4.78 is 24.8. The first-order valence-corrected chi connectivity index (χ1v) is 26.1. The van der Waals surface area contributed by atoms with Gasteiger partial charge in [0.25, 0.3) is 0 Å². The number of hydrogen-bond donors (Lipinski definition) is 3. The molecule has 0 spiro atoms. The highest BCUT2D eigenvalue weighted by atomic mass is 79.9. The normalized spacial score (nSPS) is 12.4. The van der Waals surface area contributed by atoms with E-state index in [1.807, 2.05) is 105 Å². The summed E-state index contributed by atoms with van der Waals surface area (Å²) >= 11 is 19.6. The molecule has 3 heterocycles. The average Bonchev–Trinajstić information content (AvgIpc) is 3.90. The lowest BCUT2D eigenvalue weighted by atomic mass is 10.1. The SMILES string of the molecule is Cc1oc(C=N[C@@H](CO)c2ccccc2)cc1Br.Cc1oc(C=N[C@@H](CO[Si](C)(C)C)c2ccccc2)cc1Br.Cc1oc(C=O)cc1Br.ClCCl.N[C@@H](CO)c1ccccc1. The number of alkyl halides is 2. The van der Waals surface area contributed by atoms with Gasteiger partial charge in [-0.15, -0.1) is 23.2 Å². The Labute approximate surface area is 401 Å². The maximum atomic E-state index is 10.1. The third kappa shape index (κ3) is 21.3. The Bertz CT molecular complexity index is 2140. The highest BCUT2D eigenvalue weighted by Gasteiger charge is 2.18. The van der Waals surface area contributed by atoms with Crippen LogP contribution < -0.4 is 5.73 Å². The Balaban J connectivity index is 0.000000295. The van der Waals surface area contributed by atoms with Gasteiger partial charge >= 0.3 is 0 Å². The molecular formula is C46H54Br3Cl2N3O7Si. The molecule has 16 heteroatoms. The van der Waals surface area contributed by atoms with E-state index in [0.29, 0.717) is 24.4 Å². The van der Waals surface area contributed by atoms with Gasteiger partial charge in [-0.1, -0.05) is 91.0 Å². The first kappa shape index (κ1) is 54.7. The molecule has 0 saturated heterocycles. The topological polar surface area (TPSA) is 157 Å². The number of aliphatic imine (C=N–C) groups is 2. The van der Waals surface area contributed by atoms with E-state index in [-0.39, 0.29) is 36.7 Å². The molecule has 62 heavy (non-hydrogen) atoms. The van der Waals surface area contributed by atoms with E-state index in [2.05, 4.69) is 89.5 Å². The number of aliphatic hydroxyl groups excluding tert-OH is 2. The molecule has 0 saturated carbocycles. The molecule has 0 aliphatic carbocycles. The second-order valence-electron chi connectivity index (χ2n) is 14.1. The van der Waals surface area contributed by atoms with Crippen LogP contribution >= 0.6 is 71.0 Å². The molecule has 3 aromatic heterocycles. The smallest absolute Gasteiger partial charge is 0.185 e. The number of carbonyl (C=O) groups excluding carboxylic acids is 1. The van der Waals surface area contributed by atoms with Gasteiger partial charge in [-0.2, -0.15) is 0 Å². The van der Waals surface area contributed by atoms with Crippen molar-refractivity contribution < 1.29 is 32.7 Å². The maximum absolute atomic E-state index is 10.1. The molecule has 0 unspecified atom stereocenters. The zero-order valence-electron chi connectivity index (χ0n) is 35.5. The summed E-state index contributed by atoms with van der Waals surface area (Å²) in [6.45, 7) is 12.7.